The fourth-order valence-electron chi connectivity index (χ4n) is 0.912. The molecule has 5 heteroatoms. The summed E-state index contributed by atoms with van der Waals surface area (Å²) in [5, 5.41) is 8.56. The van der Waals surface area contributed by atoms with Crippen LogP contribution in [-0.4, -0.2) is 26.0 Å². The highest BCUT2D eigenvalue weighted by atomic mass is 16.4. The van der Waals surface area contributed by atoms with Crippen molar-refractivity contribution in [2.24, 2.45) is 0 Å². The maximum absolute atomic E-state index is 10.4. The first-order valence-corrected chi connectivity index (χ1v) is 4.30. The van der Waals surface area contributed by atoms with E-state index in [0.29, 0.717) is 11.6 Å². The van der Waals surface area contributed by atoms with Gasteiger partial charge in [0.05, 0.1) is 0 Å². The van der Waals surface area contributed by atoms with E-state index in [1.54, 1.807) is 0 Å². The van der Waals surface area contributed by atoms with Gasteiger partial charge in [-0.2, -0.15) is 0 Å². The van der Waals surface area contributed by atoms with Gasteiger partial charge >= 0.3 is 5.97 Å². The number of aliphatic carboxylic acids is 1. The zero-order valence-electron chi connectivity index (χ0n) is 8.48. The van der Waals surface area contributed by atoms with Gasteiger partial charge in [-0.15, -0.1) is 0 Å². The van der Waals surface area contributed by atoms with Crippen LogP contribution >= 0.6 is 0 Å². The predicted molar refractivity (Wildman–Crippen MR) is 49.9 cm³/mol. The molecule has 0 unspecified atom stereocenters. The molecular formula is C9H13N3O2. The second kappa shape index (κ2) is 3.69. The minimum atomic E-state index is -0.934. The number of nitrogens with zero attached hydrogens (tertiary/aromatic N) is 3. The molecule has 0 fully saturated rings. The second-order valence-electron chi connectivity index (χ2n) is 4.05. The normalized spacial score (nSPS) is 11.4. The number of aromatic nitrogens is 3. The lowest BCUT2D eigenvalue weighted by Gasteiger charge is -2.15. The summed E-state index contributed by atoms with van der Waals surface area (Å²) in [5.74, 6) is -0.0164. The van der Waals surface area contributed by atoms with Crippen LogP contribution in [0.1, 0.15) is 32.4 Å². The SMILES string of the molecule is CC(C)(C)c1ncnc(CC(=O)O)n1. The van der Waals surface area contributed by atoms with Gasteiger partial charge in [0, 0.05) is 5.41 Å². The molecule has 5 nitrogen and oxygen atoms in total. The zero-order chi connectivity index (χ0) is 10.8. The number of carbonyl (C=O) groups is 1. The first-order valence-electron chi connectivity index (χ1n) is 4.30. The van der Waals surface area contributed by atoms with Crippen LogP contribution in [0, 0.1) is 0 Å². The van der Waals surface area contributed by atoms with Gasteiger partial charge in [0.15, 0.2) is 0 Å². The van der Waals surface area contributed by atoms with Crippen molar-refractivity contribution >= 4 is 5.97 Å². The Morgan fingerprint density at radius 3 is 2.57 bits per heavy atom. The van der Waals surface area contributed by atoms with E-state index in [2.05, 4.69) is 15.0 Å². The van der Waals surface area contributed by atoms with E-state index in [9.17, 15) is 4.79 Å². The average molecular weight is 195 g/mol. The highest BCUT2D eigenvalue weighted by Crippen LogP contribution is 2.16. The van der Waals surface area contributed by atoms with Crippen molar-refractivity contribution in [1.29, 1.82) is 0 Å². The Kier molecular flexibility index (Phi) is 2.78. The van der Waals surface area contributed by atoms with Crippen LogP contribution in [-0.2, 0) is 16.6 Å². The van der Waals surface area contributed by atoms with Crippen molar-refractivity contribution in [2.45, 2.75) is 32.6 Å². The van der Waals surface area contributed by atoms with Crippen molar-refractivity contribution in [2.75, 3.05) is 0 Å². The lowest BCUT2D eigenvalue weighted by molar-refractivity contribution is -0.136. The molecule has 0 bridgehead atoms. The van der Waals surface area contributed by atoms with Crippen molar-refractivity contribution in [3.8, 4) is 0 Å². The maximum Gasteiger partial charge on any atom is 0.311 e. The molecular weight excluding hydrogens is 182 g/mol. The highest BCUT2D eigenvalue weighted by Gasteiger charge is 2.18. The van der Waals surface area contributed by atoms with Crippen molar-refractivity contribution in [3.63, 3.8) is 0 Å². The van der Waals surface area contributed by atoms with E-state index in [1.165, 1.54) is 6.33 Å². The smallest absolute Gasteiger partial charge is 0.311 e. The summed E-state index contributed by atoms with van der Waals surface area (Å²) in [6.45, 7) is 5.90. The minimum Gasteiger partial charge on any atom is -0.481 e. The molecule has 0 aliphatic carbocycles. The molecule has 1 heterocycles. The van der Waals surface area contributed by atoms with Gasteiger partial charge in [-0.25, -0.2) is 15.0 Å². The Hall–Kier alpha value is -1.52. The average Bonchev–Trinajstić information content (AvgIpc) is 2.01. The van der Waals surface area contributed by atoms with Crippen LogP contribution in [0.15, 0.2) is 6.33 Å². The van der Waals surface area contributed by atoms with Crippen LogP contribution in [0.4, 0.5) is 0 Å². The predicted octanol–water partition coefficient (Wildman–Crippen LogP) is 0.796. The second-order valence-corrected chi connectivity index (χ2v) is 4.05. The minimum absolute atomic E-state index is 0.161. The van der Waals surface area contributed by atoms with Crippen LogP contribution in [0.5, 0.6) is 0 Å². The number of rotatable bonds is 2. The van der Waals surface area contributed by atoms with E-state index in [1.807, 2.05) is 20.8 Å². The van der Waals surface area contributed by atoms with Gasteiger partial charge in [0.25, 0.3) is 0 Å². The largest absolute Gasteiger partial charge is 0.481 e. The van der Waals surface area contributed by atoms with E-state index >= 15 is 0 Å². The lowest BCUT2D eigenvalue weighted by atomic mass is 9.96. The number of carboxylic acids is 1. The third-order valence-corrected chi connectivity index (χ3v) is 1.60. The molecule has 1 aromatic rings. The summed E-state index contributed by atoms with van der Waals surface area (Å²) < 4.78 is 0. The van der Waals surface area contributed by atoms with E-state index in [0.717, 1.165) is 0 Å². The lowest BCUT2D eigenvalue weighted by Crippen LogP contribution is -2.18. The van der Waals surface area contributed by atoms with E-state index in [4.69, 9.17) is 5.11 Å². The number of carboxylic acid groups (broad SMARTS) is 1. The van der Waals surface area contributed by atoms with Gasteiger partial charge in [0.2, 0.25) is 0 Å². The molecule has 1 N–H and O–H groups in total. The summed E-state index contributed by atoms with van der Waals surface area (Å²) >= 11 is 0. The maximum atomic E-state index is 10.4. The number of hydrogen-bond donors (Lipinski definition) is 1. The van der Waals surface area contributed by atoms with E-state index < -0.39 is 5.97 Å². The van der Waals surface area contributed by atoms with E-state index in [-0.39, 0.29) is 11.8 Å². The Morgan fingerprint density at radius 1 is 1.43 bits per heavy atom. The highest BCUT2D eigenvalue weighted by molar-refractivity contribution is 5.68. The molecule has 0 aromatic carbocycles. The van der Waals surface area contributed by atoms with Crippen LogP contribution in [0.3, 0.4) is 0 Å². The van der Waals surface area contributed by atoms with Crippen molar-refractivity contribution in [1.82, 2.24) is 15.0 Å². The van der Waals surface area contributed by atoms with Gasteiger partial charge in [-0.3, -0.25) is 4.79 Å². The topological polar surface area (TPSA) is 76.0 Å². The molecule has 0 spiro atoms. The van der Waals surface area contributed by atoms with Crippen LogP contribution < -0.4 is 0 Å². The summed E-state index contributed by atoms with van der Waals surface area (Å²) in [7, 11) is 0. The molecule has 76 valence electrons. The summed E-state index contributed by atoms with van der Waals surface area (Å²) in [6, 6.07) is 0. The molecule has 0 amide bonds. The van der Waals surface area contributed by atoms with Gasteiger partial charge < -0.3 is 5.11 Å². The summed E-state index contributed by atoms with van der Waals surface area (Å²) in [5.41, 5.74) is -0.184. The molecule has 0 saturated heterocycles. The standard InChI is InChI=1S/C9H13N3O2/c1-9(2,3)8-11-5-10-6(12-8)4-7(13)14/h5H,4H2,1-3H3,(H,13,14). The van der Waals surface area contributed by atoms with Crippen molar-refractivity contribution < 1.29 is 9.90 Å². The van der Waals surface area contributed by atoms with Gasteiger partial charge in [-0.05, 0) is 0 Å². The summed E-state index contributed by atoms with van der Waals surface area (Å²) in [6.07, 6.45) is 1.19. The third kappa shape index (κ3) is 2.76. The Morgan fingerprint density at radius 2 is 2.07 bits per heavy atom. The molecule has 0 aliphatic heterocycles. The van der Waals surface area contributed by atoms with Gasteiger partial charge in [-0.1, -0.05) is 20.8 Å². The Bertz CT molecular complexity index is 344. The Labute approximate surface area is 82.2 Å². The molecule has 0 saturated carbocycles. The summed E-state index contributed by atoms with van der Waals surface area (Å²) in [4.78, 5) is 22.3. The molecule has 14 heavy (non-hydrogen) atoms. The zero-order valence-corrected chi connectivity index (χ0v) is 8.48. The first kappa shape index (κ1) is 10.6. The molecule has 1 rings (SSSR count). The molecule has 0 aliphatic rings. The van der Waals surface area contributed by atoms with Crippen LogP contribution in [0.25, 0.3) is 0 Å². The molecule has 1 aromatic heterocycles. The fourth-order valence-corrected chi connectivity index (χ4v) is 0.912. The fraction of sp³-hybridized carbons (Fsp3) is 0.556. The molecule has 0 radical (unpaired) electrons. The van der Waals surface area contributed by atoms with Crippen molar-refractivity contribution in [3.05, 3.63) is 18.0 Å². The molecule has 0 atom stereocenters. The quantitative estimate of drug-likeness (QED) is 0.755. The Balaban J connectivity index is 2.95. The monoisotopic (exact) mass is 195 g/mol. The van der Waals surface area contributed by atoms with Gasteiger partial charge in [0.1, 0.15) is 24.4 Å². The first-order chi connectivity index (χ1) is 6.39. The number of hydrogen-bond acceptors (Lipinski definition) is 4. The third-order valence-electron chi connectivity index (χ3n) is 1.60. The van der Waals surface area contributed by atoms with Crippen LogP contribution in [0.2, 0.25) is 0 Å².